The summed E-state index contributed by atoms with van der Waals surface area (Å²) in [5.41, 5.74) is 2.82. The Morgan fingerprint density at radius 1 is 1.06 bits per heavy atom. The van der Waals surface area contributed by atoms with Crippen LogP contribution in [-0.2, 0) is 13.1 Å². The SMILES string of the molecule is Cc1cccc(Cn2cnc3c2c(=O)n(CCC(C)C)c(=O)n3-c2cccc(Cl)c2)c1. The monoisotopic (exact) mass is 436 g/mol. The van der Waals surface area contributed by atoms with Crippen molar-refractivity contribution in [1.82, 2.24) is 18.7 Å². The second-order valence-corrected chi connectivity index (χ2v) is 8.71. The van der Waals surface area contributed by atoms with Crippen molar-refractivity contribution in [1.29, 1.82) is 0 Å². The molecule has 6 nitrogen and oxygen atoms in total. The molecule has 0 atom stereocenters. The van der Waals surface area contributed by atoms with Gasteiger partial charge in [0.15, 0.2) is 11.2 Å². The van der Waals surface area contributed by atoms with Crippen LogP contribution in [0.1, 0.15) is 31.4 Å². The van der Waals surface area contributed by atoms with Gasteiger partial charge in [-0.05, 0) is 43.0 Å². The summed E-state index contributed by atoms with van der Waals surface area (Å²) in [6.07, 6.45) is 2.35. The van der Waals surface area contributed by atoms with E-state index in [2.05, 4.69) is 24.9 Å². The van der Waals surface area contributed by atoms with E-state index in [1.54, 1.807) is 30.6 Å². The molecule has 160 valence electrons. The van der Waals surface area contributed by atoms with Gasteiger partial charge in [-0.2, -0.15) is 0 Å². The molecule has 0 saturated heterocycles. The lowest BCUT2D eigenvalue weighted by Gasteiger charge is -2.14. The Morgan fingerprint density at radius 3 is 2.55 bits per heavy atom. The van der Waals surface area contributed by atoms with Gasteiger partial charge in [0.05, 0.1) is 12.0 Å². The summed E-state index contributed by atoms with van der Waals surface area (Å²) in [4.78, 5) is 31.3. The van der Waals surface area contributed by atoms with Gasteiger partial charge in [-0.3, -0.25) is 9.36 Å². The highest BCUT2D eigenvalue weighted by molar-refractivity contribution is 6.30. The molecule has 2 aromatic heterocycles. The van der Waals surface area contributed by atoms with Crippen LogP contribution >= 0.6 is 11.6 Å². The largest absolute Gasteiger partial charge is 0.337 e. The Balaban J connectivity index is 1.97. The number of benzene rings is 2. The average molecular weight is 437 g/mol. The third kappa shape index (κ3) is 4.21. The van der Waals surface area contributed by atoms with Crippen LogP contribution in [0.4, 0.5) is 0 Å². The first kappa shape index (κ1) is 21.1. The van der Waals surface area contributed by atoms with E-state index in [1.165, 1.54) is 9.13 Å². The normalized spacial score (nSPS) is 11.5. The van der Waals surface area contributed by atoms with E-state index in [0.29, 0.717) is 40.9 Å². The summed E-state index contributed by atoms with van der Waals surface area (Å²) >= 11 is 6.19. The molecule has 2 heterocycles. The van der Waals surface area contributed by atoms with E-state index in [4.69, 9.17) is 11.6 Å². The minimum Gasteiger partial charge on any atom is -0.320 e. The molecule has 0 aliphatic carbocycles. The summed E-state index contributed by atoms with van der Waals surface area (Å²) in [6, 6.07) is 15.2. The van der Waals surface area contributed by atoms with Gasteiger partial charge < -0.3 is 4.57 Å². The molecule has 2 aromatic carbocycles. The molecule has 0 amide bonds. The maximum atomic E-state index is 13.4. The molecule has 0 N–H and O–H groups in total. The number of rotatable bonds is 6. The summed E-state index contributed by atoms with van der Waals surface area (Å²) in [7, 11) is 0. The zero-order valence-electron chi connectivity index (χ0n) is 17.9. The second-order valence-electron chi connectivity index (χ2n) is 8.27. The van der Waals surface area contributed by atoms with E-state index in [9.17, 15) is 9.59 Å². The van der Waals surface area contributed by atoms with Crippen LogP contribution in [0.2, 0.25) is 5.02 Å². The number of hydrogen-bond acceptors (Lipinski definition) is 3. The number of hydrogen-bond donors (Lipinski definition) is 0. The van der Waals surface area contributed by atoms with Gasteiger partial charge in [-0.1, -0.05) is 61.3 Å². The number of aryl methyl sites for hydroxylation is 1. The van der Waals surface area contributed by atoms with E-state index in [0.717, 1.165) is 17.5 Å². The lowest BCUT2D eigenvalue weighted by Crippen LogP contribution is -2.40. The van der Waals surface area contributed by atoms with Crippen LogP contribution in [0.3, 0.4) is 0 Å². The van der Waals surface area contributed by atoms with Crippen LogP contribution in [0, 0.1) is 12.8 Å². The summed E-state index contributed by atoms with van der Waals surface area (Å²) < 4.78 is 4.62. The first-order valence-corrected chi connectivity index (χ1v) is 10.7. The fourth-order valence-corrected chi connectivity index (χ4v) is 3.92. The maximum Gasteiger partial charge on any atom is 0.337 e. The van der Waals surface area contributed by atoms with Gasteiger partial charge in [0.25, 0.3) is 5.56 Å². The fraction of sp³-hybridized carbons (Fsp3) is 0.292. The maximum absolute atomic E-state index is 13.4. The van der Waals surface area contributed by atoms with Gasteiger partial charge in [0.1, 0.15) is 0 Å². The predicted octanol–water partition coefficient (Wildman–Crippen LogP) is 4.41. The van der Waals surface area contributed by atoms with Crippen molar-refractivity contribution in [3.8, 4) is 5.69 Å². The van der Waals surface area contributed by atoms with Gasteiger partial charge in [0, 0.05) is 18.1 Å². The third-order valence-electron chi connectivity index (χ3n) is 5.33. The minimum absolute atomic E-state index is 0.316. The van der Waals surface area contributed by atoms with E-state index < -0.39 is 5.69 Å². The standard InChI is InChI=1S/C24H25ClN4O2/c1-16(2)10-11-28-23(30)21-22(29(24(28)31)20-9-5-8-19(25)13-20)26-15-27(21)14-18-7-4-6-17(3)12-18/h4-9,12-13,15-16H,10-11,14H2,1-3H3. The van der Waals surface area contributed by atoms with Crippen LogP contribution in [-0.4, -0.2) is 18.7 Å². The van der Waals surface area contributed by atoms with Crippen LogP contribution < -0.4 is 11.2 Å². The minimum atomic E-state index is -0.402. The van der Waals surface area contributed by atoms with Crippen molar-refractivity contribution >= 4 is 22.8 Å². The summed E-state index contributed by atoms with van der Waals surface area (Å²) in [5.74, 6) is 0.360. The highest BCUT2D eigenvalue weighted by Crippen LogP contribution is 2.18. The topological polar surface area (TPSA) is 61.8 Å². The van der Waals surface area contributed by atoms with Gasteiger partial charge in [0.2, 0.25) is 0 Å². The molecule has 0 spiro atoms. The van der Waals surface area contributed by atoms with Crippen molar-refractivity contribution in [2.24, 2.45) is 5.92 Å². The first-order valence-electron chi connectivity index (χ1n) is 10.4. The van der Waals surface area contributed by atoms with E-state index in [1.807, 2.05) is 29.7 Å². The molecule has 31 heavy (non-hydrogen) atoms. The van der Waals surface area contributed by atoms with E-state index >= 15 is 0 Å². The lowest BCUT2D eigenvalue weighted by atomic mass is 10.1. The van der Waals surface area contributed by atoms with Crippen molar-refractivity contribution in [3.63, 3.8) is 0 Å². The lowest BCUT2D eigenvalue weighted by molar-refractivity contribution is 0.491. The quantitative estimate of drug-likeness (QED) is 0.450. The molecule has 0 fully saturated rings. The van der Waals surface area contributed by atoms with E-state index in [-0.39, 0.29) is 5.56 Å². The molecule has 0 radical (unpaired) electrons. The van der Waals surface area contributed by atoms with Crippen molar-refractivity contribution in [2.75, 3.05) is 0 Å². The number of imidazole rings is 1. The summed E-state index contributed by atoms with van der Waals surface area (Å²) in [6.45, 7) is 7.01. The van der Waals surface area contributed by atoms with Crippen molar-refractivity contribution in [2.45, 2.75) is 40.3 Å². The Bertz CT molecular complexity index is 1360. The van der Waals surface area contributed by atoms with Crippen LogP contribution in [0.15, 0.2) is 64.4 Å². The number of halogens is 1. The molecule has 0 unspecified atom stereocenters. The zero-order valence-corrected chi connectivity index (χ0v) is 18.6. The summed E-state index contributed by atoms with van der Waals surface area (Å²) in [5, 5.41) is 0.511. The van der Waals surface area contributed by atoms with Crippen molar-refractivity contribution < 1.29 is 0 Å². The molecular weight excluding hydrogens is 412 g/mol. The molecule has 0 aliphatic heterocycles. The highest BCUT2D eigenvalue weighted by Gasteiger charge is 2.19. The molecule has 0 aliphatic rings. The number of nitrogens with zero attached hydrogens (tertiary/aromatic N) is 4. The Morgan fingerprint density at radius 2 is 1.84 bits per heavy atom. The Hall–Kier alpha value is -3.12. The fourth-order valence-electron chi connectivity index (χ4n) is 3.74. The average Bonchev–Trinajstić information content (AvgIpc) is 3.11. The van der Waals surface area contributed by atoms with Crippen molar-refractivity contribution in [3.05, 3.63) is 91.8 Å². The molecule has 0 bridgehead atoms. The number of fused-ring (bicyclic) bond motifs is 1. The smallest absolute Gasteiger partial charge is 0.320 e. The molecular formula is C24H25ClN4O2. The Kier molecular flexibility index (Phi) is 5.83. The van der Waals surface area contributed by atoms with Crippen LogP contribution in [0.5, 0.6) is 0 Å². The second kappa shape index (κ2) is 8.55. The molecule has 4 aromatic rings. The molecule has 4 rings (SSSR count). The van der Waals surface area contributed by atoms with Gasteiger partial charge in [-0.15, -0.1) is 0 Å². The van der Waals surface area contributed by atoms with Crippen LogP contribution in [0.25, 0.3) is 16.9 Å². The first-order chi connectivity index (χ1) is 14.8. The third-order valence-corrected chi connectivity index (χ3v) is 5.57. The van der Waals surface area contributed by atoms with Gasteiger partial charge in [-0.25, -0.2) is 14.3 Å². The Labute approximate surface area is 185 Å². The predicted molar refractivity (Wildman–Crippen MR) is 124 cm³/mol. The number of aromatic nitrogens is 4. The van der Waals surface area contributed by atoms with Gasteiger partial charge >= 0.3 is 5.69 Å². The highest BCUT2D eigenvalue weighted by atomic mass is 35.5. The molecule has 7 heteroatoms. The zero-order chi connectivity index (χ0) is 22.1. The molecule has 0 saturated carbocycles.